The van der Waals surface area contributed by atoms with E-state index in [2.05, 4.69) is 10.1 Å². The second kappa shape index (κ2) is 9.67. The number of halogens is 3. The minimum atomic E-state index is -4.48. The van der Waals surface area contributed by atoms with Gasteiger partial charge in [-0.15, -0.1) is 0 Å². The molecule has 0 unspecified atom stereocenters. The van der Waals surface area contributed by atoms with Crippen LogP contribution in [0.15, 0.2) is 53.2 Å². The van der Waals surface area contributed by atoms with Gasteiger partial charge in [-0.1, -0.05) is 29.4 Å². The molecule has 0 fully saturated rings. The maximum absolute atomic E-state index is 12.7. The Morgan fingerprint density at radius 1 is 1.21 bits per heavy atom. The van der Waals surface area contributed by atoms with Gasteiger partial charge >= 0.3 is 6.18 Å². The highest BCUT2D eigenvalue weighted by Crippen LogP contribution is 2.32. The van der Waals surface area contributed by atoms with Crippen molar-refractivity contribution >= 4 is 5.91 Å². The minimum absolute atomic E-state index is 0.0586. The maximum atomic E-state index is 12.7. The molecule has 3 aromatic rings. The number of hydroxylamine groups is 1. The van der Waals surface area contributed by atoms with Crippen LogP contribution in [-0.4, -0.2) is 37.1 Å². The second-order valence-electron chi connectivity index (χ2n) is 7.24. The number of hydrogen-bond acceptors (Lipinski definition) is 8. The molecule has 0 spiro atoms. The number of aliphatic hydroxyl groups excluding tert-OH is 2. The molecule has 0 saturated heterocycles. The largest absolute Gasteiger partial charge is 0.417 e. The Balaban J connectivity index is 1.74. The number of carbonyl (C=O) groups is 1. The number of nitrogens with zero attached hydrogens (tertiary/aromatic N) is 2. The molecule has 2 aromatic heterocycles. The summed E-state index contributed by atoms with van der Waals surface area (Å²) in [4.78, 5) is 16.1. The second-order valence-corrected chi connectivity index (χ2v) is 7.24. The van der Waals surface area contributed by atoms with Crippen LogP contribution in [0.3, 0.4) is 0 Å². The Morgan fingerprint density at radius 3 is 2.42 bits per heavy atom. The van der Waals surface area contributed by atoms with Crippen LogP contribution >= 0.6 is 0 Å². The highest BCUT2D eigenvalue weighted by molar-refractivity contribution is 5.84. The lowest BCUT2D eigenvalue weighted by atomic mass is 9.95. The highest BCUT2D eigenvalue weighted by Gasteiger charge is 2.44. The Hall–Kier alpha value is -3.32. The summed E-state index contributed by atoms with van der Waals surface area (Å²) in [7, 11) is 0. The van der Waals surface area contributed by atoms with Gasteiger partial charge in [-0.3, -0.25) is 15.0 Å². The van der Waals surface area contributed by atoms with Crippen LogP contribution in [0.5, 0.6) is 0 Å². The van der Waals surface area contributed by atoms with Crippen molar-refractivity contribution in [1.82, 2.24) is 15.6 Å². The summed E-state index contributed by atoms with van der Waals surface area (Å²) in [6.07, 6.45) is -5.38. The number of pyridine rings is 1. The van der Waals surface area contributed by atoms with Gasteiger partial charge in [0.15, 0.2) is 11.4 Å². The molecule has 33 heavy (non-hydrogen) atoms. The van der Waals surface area contributed by atoms with Crippen LogP contribution in [0.4, 0.5) is 13.2 Å². The van der Waals surface area contributed by atoms with E-state index in [0.29, 0.717) is 16.8 Å². The van der Waals surface area contributed by atoms with Gasteiger partial charge in [0.2, 0.25) is 0 Å². The molecular formula is C21H20F3N3O6. The number of ether oxygens (including phenoxy) is 1. The summed E-state index contributed by atoms with van der Waals surface area (Å²) in [5.74, 6) is -0.989. The highest BCUT2D eigenvalue weighted by atomic mass is 19.4. The van der Waals surface area contributed by atoms with Crippen molar-refractivity contribution in [2.75, 3.05) is 0 Å². The van der Waals surface area contributed by atoms with Crippen LogP contribution < -0.4 is 5.48 Å². The van der Waals surface area contributed by atoms with Crippen LogP contribution in [0.1, 0.15) is 35.6 Å². The topological polar surface area (TPSA) is 138 Å². The van der Waals surface area contributed by atoms with Gasteiger partial charge in [-0.05, 0) is 24.6 Å². The van der Waals surface area contributed by atoms with Gasteiger partial charge in [0.1, 0.15) is 18.4 Å². The zero-order chi connectivity index (χ0) is 24.2. The SMILES string of the molecule is C[C@@](OCc1ccc(-c2ccc(C(F)(F)F)cn2)cc1)(C(=O)NO)[C@H](O)c1cc(CO)on1. The standard InChI is InChI=1S/C21H20F3N3O6/c1-20(19(30)26-31,18(29)17-8-15(10-28)33-27-17)32-11-12-2-4-13(5-3-12)16-7-6-14(9-25-16)21(22,23)24/h2-9,18,28-29,31H,10-11H2,1H3,(H,26,30)/t18-,20+/m1/s1. The smallest absolute Gasteiger partial charge is 0.388 e. The van der Waals surface area contributed by atoms with Crippen molar-refractivity contribution in [3.63, 3.8) is 0 Å². The lowest BCUT2D eigenvalue weighted by molar-refractivity contribution is -0.174. The molecule has 0 bridgehead atoms. The fraction of sp³-hybridized carbons (Fsp3) is 0.286. The quantitative estimate of drug-likeness (QED) is 0.293. The minimum Gasteiger partial charge on any atom is -0.388 e. The molecule has 12 heteroatoms. The van der Waals surface area contributed by atoms with Crippen molar-refractivity contribution < 1.29 is 42.6 Å². The molecule has 4 N–H and O–H groups in total. The molecule has 0 saturated carbocycles. The van der Waals surface area contributed by atoms with Crippen molar-refractivity contribution in [1.29, 1.82) is 0 Å². The number of hydrogen-bond donors (Lipinski definition) is 4. The third-order valence-corrected chi connectivity index (χ3v) is 4.97. The van der Waals surface area contributed by atoms with Crippen LogP contribution in [0.2, 0.25) is 0 Å². The third-order valence-electron chi connectivity index (χ3n) is 4.97. The zero-order valence-corrected chi connectivity index (χ0v) is 17.2. The summed E-state index contributed by atoms with van der Waals surface area (Å²) < 4.78 is 48.5. The average molecular weight is 467 g/mol. The normalized spacial score (nSPS) is 14.5. The van der Waals surface area contributed by atoms with Gasteiger partial charge in [0.05, 0.1) is 17.9 Å². The fourth-order valence-electron chi connectivity index (χ4n) is 2.93. The number of aromatic nitrogens is 2. The van der Waals surface area contributed by atoms with Crippen LogP contribution in [0.25, 0.3) is 11.3 Å². The predicted molar refractivity (Wildman–Crippen MR) is 105 cm³/mol. The number of aliphatic hydroxyl groups is 2. The van der Waals surface area contributed by atoms with Gasteiger partial charge < -0.3 is 19.5 Å². The summed E-state index contributed by atoms with van der Waals surface area (Å²) in [6.45, 7) is 0.590. The average Bonchev–Trinajstić information content (AvgIpc) is 3.30. The van der Waals surface area contributed by atoms with Gasteiger partial charge in [-0.25, -0.2) is 5.48 Å². The number of amides is 1. The third kappa shape index (κ3) is 5.37. The molecule has 0 aliphatic carbocycles. The Kier molecular flexibility index (Phi) is 7.12. The van der Waals surface area contributed by atoms with E-state index in [1.165, 1.54) is 24.5 Å². The monoisotopic (exact) mass is 467 g/mol. The van der Waals surface area contributed by atoms with E-state index >= 15 is 0 Å². The van der Waals surface area contributed by atoms with Crippen LogP contribution in [-0.2, 0) is 28.9 Å². The molecule has 2 atom stereocenters. The maximum Gasteiger partial charge on any atom is 0.417 e. The van der Waals surface area contributed by atoms with Crippen molar-refractivity contribution in [3.05, 3.63) is 71.2 Å². The Bertz CT molecular complexity index is 1090. The predicted octanol–water partition coefficient (Wildman–Crippen LogP) is 2.76. The fourth-order valence-corrected chi connectivity index (χ4v) is 2.93. The van der Waals surface area contributed by atoms with Crippen molar-refractivity contribution in [2.24, 2.45) is 0 Å². The molecule has 0 aliphatic heterocycles. The summed E-state index contributed by atoms with van der Waals surface area (Å²) in [5, 5.41) is 32.4. The summed E-state index contributed by atoms with van der Waals surface area (Å²) >= 11 is 0. The Labute approximate surface area is 185 Å². The first-order chi connectivity index (χ1) is 15.6. The number of carbonyl (C=O) groups excluding carboxylic acids is 1. The van der Waals surface area contributed by atoms with E-state index in [4.69, 9.17) is 19.6 Å². The summed E-state index contributed by atoms with van der Waals surface area (Å²) in [6, 6.07) is 9.87. The van der Waals surface area contributed by atoms with Crippen LogP contribution in [0, 0.1) is 0 Å². The molecule has 1 amide bonds. The number of benzene rings is 1. The molecule has 2 heterocycles. The first-order valence-electron chi connectivity index (χ1n) is 9.54. The molecule has 1 aromatic carbocycles. The number of nitrogens with one attached hydrogen (secondary N) is 1. The van der Waals surface area contributed by atoms with E-state index < -0.39 is 36.0 Å². The van der Waals surface area contributed by atoms with Crippen molar-refractivity contribution in [2.45, 2.75) is 38.0 Å². The molecule has 0 radical (unpaired) electrons. The molecule has 9 nitrogen and oxygen atoms in total. The van der Waals surface area contributed by atoms with E-state index in [0.717, 1.165) is 12.3 Å². The van der Waals surface area contributed by atoms with Crippen molar-refractivity contribution in [3.8, 4) is 11.3 Å². The molecule has 0 aliphatic rings. The van der Waals surface area contributed by atoms with Gasteiger partial charge in [-0.2, -0.15) is 13.2 Å². The van der Waals surface area contributed by atoms with E-state index in [1.54, 1.807) is 24.3 Å². The molecular weight excluding hydrogens is 447 g/mol. The van der Waals surface area contributed by atoms with Gasteiger partial charge in [0, 0.05) is 17.8 Å². The van der Waals surface area contributed by atoms with E-state index in [9.17, 15) is 23.1 Å². The van der Waals surface area contributed by atoms with E-state index in [1.807, 2.05) is 0 Å². The lowest BCUT2D eigenvalue weighted by Gasteiger charge is -2.31. The first kappa shape index (κ1) is 24.3. The molecule has 3 rings (SSSR count). The lowest BCUT2D eigenvalue weighted by Crippen LogP contribution is -2.50. The Morgan fingerprint density at radius 2 is 1.91 bits per heavy atom. The van der Waals surface area contributed by atoms with Gasteiger partial charge in [0.25, 0.3) is 5.91 Å². The summed E-state index contributed by atoms with van der Waals surface area (Å²) in [5.41, 5.74) is -0.0292. The van der Waals surface area contributed by atoms with E-state index in [-0.39, 0.29) is 18.1 Å². The number of alkyl halides is 3. The first-order valence-corrected chi connectivity index (χ1v) is 9.54. The number of rotatable bonds is 8. The molecule has 176 valence electrons. The zero-order valence-electron chi connectivity index (χ0n) is 17.2.